The van der Waals surface area contributed by atoms with Gasteiger partial charge in [-0.1, -0.05) is 6.07 Å². The third-order valence-electron chi connectivity index (χ3n) is 1.89. The standard InChI is InChI=1S/C9H10N2OS/c1-12-7-4-2-3-6-9(7)11-8(5-13)10-6/h2-4,13H,5H2,1H3,(H,10,11). The van der Waals surface area contributed by atoms with Crippen molar-refractivity contribution in [3.8, 4) is 5.75 Å². The van der Waals surface area contributed by atoms with E-state index < -0.39 is 0 Å². The summed E-state index contributed by atoms with van der Waals surface area (Å²) < 4.78 is 5.18. The van der Waals surface area contributed by atoms with E-state index in [1.165, 1.54) is 0 Å². The molecule has 3 nitrogen and oxygen atoms in total. The highest BCUT2D eigenvalue weighted by Gasteiger charge is 2.05. The molecule has 2 rings (SSSR count). The van der Waals surface area contributed by atoms with Crippen molar-refractivity contribution < 1.29 is 4.74 Å². The number of H-pyrrole nitrogens is 1. The first-order valence-electron chi connectivity index (χ1n) is 3.97. The van der Waals surface area contributed by atoms with Gasteiger partial charge >= 0.3 is 0 Å². The summed E-state index contributed by atoms with van der Waals surface area (Å²) in [5.41, 5.74) is 1.86. The number of ether oxygens (including phenoxy) is 1. The van der Waals surface area contributed by atoms with Gasteiger partial charge in [0.15, 0.2) is 0 Å². The van der Waals surface area contributed by atoms with E-state index in [4.69, 9.17) is 4.74 Å². The molecule has 0 bridgehead atoms. The number of hydrogen-bond donors (Lipinski definition) is 2. The summed E-state index contributed by atoms with van der Waals surface area (Å²) in [6, 6.07) is 5.80. The van der Waals surface area contributed by atoms with Crippen LogP contribution in [0.25, 0.3) is 11.0 Å². The molecule has 1 heterocycles. The SMILES string of the molecule is COc1cccc2[nH]c(CS)nc12. The van der Waals surface area contributed by atoms with Crippen LogP contribution in [0, 0.1) is 0 Å². The van der Waals surface area contributed by atoms with Crippen LogP contribution in [0.1, 0.15) is 5.82 Å². The number of imidazole rings is 1. The van der Waals surface area contributed by atoms with Crippen molar-refractivity contribution in [3.05, 3.63) is 24.0 Å². The van der Waals surface area contributed by atoms with Crippen LogP contribution in [0.4, 0.5) is 0 Å². The van der Waals surface area contributed by atoms with Crippen LogP contribution in [0.15, 0.2) is 18.2 Å². The number of aromatic amines is 1. The average molecular weight is 194 g/mol. The van der Waals surface area contributed by atoms with E-state index in [1.54, 1.807) is 7.11 Å². The van der Waals surface area contributed by atoms with Gasteiger partial charge in [-0.2, -0.15) is 12.6 Å². The molecule has 0 atom stereocenters. The lowest BCUT2D eigenvalue weighted by molar-refractivity contribution is 0.419. The number of hydrogen-bond acceptors (Lipinski definition) is 3. The molecule has 0 fully saturated rings. The van der Waals surface area contributed by atoms with Crippen molar-refractivity contribution in [1.82, 2.24) is 9.97 Å². The van der Waals surface area contributed by atoms with E-state index in [0.717, 1.165) is 22.6 Å². The zero-order valence-electron chi connectivity index (χ0n) is 7.24. The van der Waals surface area contributed by atoms with Crippen LogP contribution in [-0.2, 0) is 5.75 Å². The molecule has 1 N–H and O–H groups in total. The highest BCUT2D eigenvalue weighted by molar-refractivity contribution is 7.79. The molecular weight excluding hydrogens is 184 g/mol. The van der Waals surface area contributed by atoms with Crippen molar-refractivity contribution in [2.24, 2.45) is 0 Å². The van der Waals surface area contributed by atoms with Crippen molar-refractivity contribution in [2.45, 2.75) is 5.75 Å². The predicted octanol–water partition coefficient (Wildman–Crippen LogP) is 2.00. The number of methoxy groups -OCH3 is 1. The number of benzene rings is 1. The van der Waals surface area contributed by atoms with Crippen LogP contribution in [0.5, 0.6) is 5.75 Å². The Kier molecular flexibility index (Phi) is 2.14. The van der Waals surface area contributed by atoms with E-state index in [1.807, 2.05) is 18.2 Å². The minimum Gasteiger partial charge on any atom is -0.494 e. The molecule has 0 radical (unpaired) electrons. The zero-order chi connectivity index (χ0) is 9.26. The fraction of sp³-hybridized carbons (Fsp3) is 0.222. The Bertz CT molecular complexity index is 424. The van der Waals surface area contributed by atoms with Crippen molar-refractivity contribution >= 4 is 23.7 Å². The van der Waals surface area contributed by atoms with Crippen molar-refractivity contribution in [1.29, 1.82) is 0 Å². The molecule has 0 saturated carbocycles. The van der Waals surface area contributed by atoms with Crippen LogP contribution < -0.4 is 4.74 Å². The molecule has 0 spiro atoms. The van der Waals surface area contributed by atoms with Crippen molar-refractivity contribution in [2.75, 3.05) is 7.11 Å². The van der Waals surface area contributed by atoms with E-state index >= 15 is 0 Å². The van der Waals surface area contributed by atoms with E-state index in [-0.39, 0.29) is 0 Å². The number of thiol groups is 1. The Hall–Kier alpha value is -1.16. The molecule has 1 aromatic heterocycles. The van der Waals surface area contributed by atoms with E-state index in [0.29, 0.717) is 5.75 Å². The summed E-state index contributed by atoms with van der Waals surface area (Å²) in [6.07, 6.45) is 0. The molecule has 68 valence electrons. The van der Waals surface area contributed by atoms with Gasteiger partial charge in [-0.15, -0.1) is 0 Å². The Labute approximate surface area is 81.5 Å². The lowest BCUT2D eigenvalue weighted by Crippen LogP contribution is -1.83. The molecule has 13 heavy (non-hydrogen) atoms. The quantitative estimate of drug-likeness (QED) is 0.717. The average Bonchev–Trinajstić information content (AvgIpc) is 2.59. The molecular formula is C9H10N2OS. The fourth-order valence-corrected chi connectivity index (χ4v) is 1.45. The second-order valence-corrected chi connectivity index (χ2v) is 3.01. The second-order valence-electron chi connectivity index (χ2n) is 2.70. The topological polar surface area (TPSA) is 37.9 Å². The fourth-order valence-electron chi connectivity index (χ4n) is 1.30. The highest BCUT2D eigenvalue weighted by Crippen LogP contribution is 2.23. The van der Waals surface area contributed by atoms with E-state index in [9.17, 15) is 0 Å². The molecule has 0 saturated heterocycles. The first kappa shape index (κ1) is 8.44. The Morgan fingerprint density at radius 1 is 1.54 bits per heavy atom. The normalized spacial score (nSPS) is 10.6. The predicted molar refractivity (Wildman–Crippen MR) is 55.3 cm³/mol. The Morgan fingerprint density at radius 3 is 3.08 bits per heavy atom. The summed E-state index contributed by atoms with van der Waals surface area (Å²) in [5, 5.41) is 0. The lowest BCUT2D eigenvalue weighted by atomic mass is 10.3. The highest BCUT2D eigenvalue weighted by atomic mass is 32.1. The Morgan fingerprint density at radius 2 is 2.38 bits per heavy atom. The minimum absolute atomic E-state index is 0.609. The smallest absolute Gasteiger partial charge is 0.146 e. The monoisotopic (exact) mass is 194 g/mol. The third-order valence-corrected chi connectivity index (χ3v) is 2.19. The summed E-state index contributed by atoms with van der Waals surface area (Å²) >= 11 is 4.15. The summed E-state index contributed by atoms with van der Waals surface area (Å²) in [7, 11) is 1.64. The van der Waals surface area contributed by atoms with Crippen LogP contribution in [0.2, 0.25) is 0 Å². The molecule has 4 heteroatoms. The molecule has 0 unspecified atom stereocenters. The summed E-state index contributed by atoms with van der Waals surface area (Å²) in [5.74, 6) is 2.27. The first-order chi connectivity index (χ1) is 6.35. The van der Waals surface area contributed by atoms with Gasteiger partial charge in [0.2, 0.25) is 0 Å². The first-order valence-corrected chi connectivity index (χ1v) is 4.61. The molecule has 0 aliphatic heterocycles. The summed E-state index contributed by atoms with van der Waals surface area (Å²) in [4.78, 5) is 7.50. The van der Waals surface area contributed by atoms with Crippen molar-refractivity contribution in [3.63, 3.8) is 0 Å². The van der Waals surface area contributed by atoms with Gasteiger partial charge < -0.3 is 9.72 Å². The molecule has 0 aliphatic carbocycles. The Balaban J connectivity index is 2.67. The van der Waals surface area contributed by atoms with Gasteiger partial charge in [0.05, 0.1) is 12.6 Å². The largest absolute Gasteiger partial charge is 0.494 e. The van der Waals surface area contributed by atoms with Gasteiger partial charge in [0, 0.05) is 5.75 Å². The van der Waals surface area contributed by atoms with E-state index in [2.05, 4.69) is 22.6 Å². The number of nitrogens with zero attached hydrogens (tertiary/aromatic N) is 1. The maximum absolute atomic E-state index is 5.18. The number of aromatic nitrogens is 2. The molecule has 1 aromatic carbocycles. The van der Waals surface area contributed by atoms with Crippen LogP contribution in [0.3, 0.4) is 0 Å². The van der Waals surface area contributed by atoms with Gasteiger partial charge in [-0.25, -0.2) is 4.98 Å². The van der Waals surface area contributed by atoms with Gasteiger partial charge in [-0.05, 0) is 12.1 Å². The van der Waals surface area contributed by atoms with Gasteiger partial charge in [-0.3, -0.25) is 0 Å². The maximum atomic E-state index is 5.18. The number of rotatable bonds is 2. The molecule has 0 aliphatic rings. The number of nitrogens with one attached hydrogen (secondary N) is 1. The number of para-hydroxylation sites is 1. The molecule has 0 amide bonds. The maximum Gasteiger partial charge on any atom is 0.146 e. The second kappa shape index (κ2) is 3.30. The van der Waals surface area contributed by atoms with Gasteiger partial charge in [0.1, 0.15) is 17.1 Å². The molecule has 2 aromatic rings. The summed E-state index contributed by atoms with van der Waals surface area (Å²) in [6.45, 7) is 0. The van der Waals surface area contributed by atoms with Crippen LogP contribution >= 0.6 is 12.6 Å². The minimum atomic E-state index is 0.609. The third kappa shape index (κ3) is 1.37. The zero-order valence-corrected chi connectivity index (χ0v) is 8.14. The van der Waals surface area contributed by atoms with Gasteiger partial charge in [0.25, 0.3) is 0 Å². The number of fused-ring (bicyclic) bond motifs is 1. The lowest BCUT2D eigenvalue weighted by Gasteiger charge is -1.97. The van der Waals surface area contributed by atoms with Crippen LogP contribution in [-0.4, -0.2) is 17.1 Å².